The molecule has 1 amide bonds. The summed E-state index contributed by atoms with van der Waals surface area (Å²) in [5.74, 6) is 1.41. The molecule has 1 rings (SSSR count). The second-order valence-electron chi connectivity index (χ2n) is 6.43. The van der Waals surface area contributed by atoms with Crippen molar-refractivity contribution in [2.75, 3.05) is 13.1 Å². The van der Waals surface area contributed by atoms with Crippen LogP contribution in [0.3, 0.4) is 0 Å². The fourth-order valence-corrected chi connectivity index (χ4v) is 2.97. The van der Waals surface area contributed by atoms with E-state index in [-0.39, 0.29) is 17.9 Å². The van der Waals surface area contributed by atoms with Gasteiger partial charge in [0.05, 0.1) is 6.10 Å². The molecule has 1 aliphatic rings. The van der Waals surface area contributed by atoms with Crippen molar-refractivity contribution >= 4 is 5.91 Å². The second kappa shape index (κ2) is 8.54. The molecule has 4 heteroatoms. The largest absolute Gasteiger partial charge is 0.393 e. The number of aliphatic hydroxyl groups excluding tert-OH is 1. The van der Waals surface area contributed by atoms with Crippen molar-refractivity contribution in [3.05, 3.63) is 0 Å². The summed E-state index contributed by atoms with van der Waals surface area (Å²) in [5.41, 5.74) is 5.71. The van der Waals surface area contributed by atoms with E-state index in [1.54, 1.807) is 0 Å². The number of nitrogens with two attached hydrogens (primary N) is 1. The van der Waals surface area contributed by atoms with Gasteiger partial charge in [0.1, 0.15) is 0 Å². The quantitative estimate of drug-likeness (QED) is 0.658. The minimum atomic E-state index is -0.173. The molecule has 2 unspecified atom stereocenters. The molecule has 0 spiro atoms. The van der Waals surface area contributed by atoms with Gasteiger partial charge in [0.2, 0.25) is 5.91 Å². The summed E-state index contributed by atoms with van der Waals surface area (Å²) in [6, 6.07) is 0. The third-order valence-corrected chi connectivity index (χ3v) is 3.96. The predicted octanol–water partition coefficient (Wildman–Crippen LogP) is 1.66. The Morgan fingerprint density at radius 1 is 1.42 bits per heavy atom. The van der Waals surface area contributed by atoms with Gasteiger partial charge in [-0.05, 0) is 50.0 Å². The van der Waals surface area contributed by atoms with Crippen LogP contribution in [0.5, 0.6) is 0 Å². The highest BCUT2D eigenvalue weighted by Crippen LogP contribution is 2.23. The number of hydrogen-bond donors (Lipinski definition) is 3. The van der Waals surface area contributed by atoms with E-state index in [2.05, 4.69) is 19.2 Å². The van der Waals surface area contributed by atoms with Gasteiger partial charge >= 0.3 is 0 Å². The normalized spacial score (nSPS) is 25.3. The smallest absolute Gasteiger partial charge is 0.220 e. The van der Waals surface area contributed by atoms with E-state index in [1.165, 1.54) is 0 Å². The van der Waals surface area contributed by atoms with Crippen molar-refractivity contribution in [3.63, 3.8) is 0 Å². The van der Waals surface area contributed by atoms with Gasteiger partial charge in [-0.1, -0.05) is 20.3 Å². The molecule has 1 aliphatic carbocycles. The Bertz CT molecular complexity index is 269. The maximum Gasteiger partial charge on any atom is 0.220 e. The lowest BCUT2D eigenvalue weighted by molar-refractivity contribution is -0.122. The number of rotatable bonds is 7. The van der Waals surface area contributed by atoms with E-state index < -0.39 is 0 Å². The molecule has 0 saturated heterocycles. The van der Waals surface area contributed by atoms with Gasteiger partial charge in [0.25, 0.3) is 0 Å². The SMILES string of the molecule is CC(C)C[C@H](CN)CC(=O)NCC1CCCC(O)C1. The van der Waals surface area contributed by atoms with Gasteiger partial charge in [-0.2, -0.15) is 0 Å². The Labute approximate surface area is 117 Å². The van der Waals surface area contributed by atoms with E-state index in [0.29, 0.717) is 31.3 Å². The zero-order valence-corrected chi connectivity index (χ0v) is 12.4. The average Bonchev–Trinajstić information content (AvgIpc) is 2.35. The van der Waals surface area contributed by atoms with Gasteiger partial charge in [-0.3, -0.25) is 4.79 Å². The minimum Gasteiger partial charge on any atom is -0.393 e. The molecule has 4 N–H and O–H groups in total. The van der Waals surface area contributed by atoms with Gasteiger partial charge in [-0.15, -0.1) is 0 Å². The first-order valence-electron chi connectivity index (χ1n) is 7.66. The molecule has 1 fully saturated rings. The van der Waals surface area contributed by atoms with Crippen molar-refractivity contribution in [2.45, 2.75) is 58.5 Å². The molecule has 0 aliphatic heterocycles. The highest BCUT2D eigenvalue weighted by Gasteiger charge is 2.21. The molecule has 0 heterocycles. The van der Waals surface area contributed by atoms with Crippen LogP contribution < -0.4 is 11.1 Å². The zero-order chi connectivity index (χ0) is 14.3. The van der Waals surface area contributed by atoms with Crippen LogP contribution in [-0.2, 0) is 4.79 Å². The van der Waals surface area contributed by atoms with Crippen LogP contribution in [0.15, 0.2) is 0 Å². The van der Waals surface area contributed by atoms with Crippen LogP contribution >= 0.6 is 0 Å². The summed E-state index contributed by atoms with van der Waals surface area (Å²) >= 11 is 0. The second-order valence-corrected chi connectivity index (χ2v) is 6.43. The first-order chi connectivity index (χ1) is 9.01. The lowest BCUT2D eigenvalue weighted by Crippen LogP contribution is -2.34. The standard InChI is InChI=1S/C15H30N2O2/c1-11(2)6-13(9-16)8-15(19)17-10-12-4-3-5-14(18)7-12/h11-14,18H,3-10,16H2,1-2H3,(H,17,19)/t12?,13-,14?/m0/s1. The molecule has 3 atom stereocenters. The van der Waals surface area contributed by atoms with E-state index in [1.807, 2.05) is 0 Å². The molecule has 4 nitrogen and oxygen atoms in total. The van der Waals surface area contributed by atoms with E-state index in [0.717, 1.165) is 32.1 Å². The van der Waals surface area contributed by atoms with Crippen LogP contribution in [0.1, 0.15) is 52.4 Å². The molecule has 0 aromatic heterocycles. The molecule has 112 valence electrons. The molecule has 0 aromatic rings. The van der Waals surface area contributed by atoms with E-state index in [9.17, 15) is 9.90 Å². The Balaban J connectivity index is 2.22. The van der Waals surface area contributed by atoms with Gasteiger partial charge < -0.3 is 16.2 Å². The lowest BCUT2D eigenvalue weighted by atomic mass is 9.87. The maximum atomic E-state index is 11.9. The minimum absolute atomic E-state index is 0.108. The zero-order valence-electron chi connectivity index (χ0n) is 12.4. The third kappa shape index (κ3) is 6.92. The van der Waals surface area contributed by atoms with Gasteiger partial charge in [0, 0.05) is 13.0 Å². The molecule has 19 heavy (non-hydrogen) atoms. The van der Waals surface area contributed by atoms with Crippen molar-refractivity contribution in [2.24, 2.45) is 23.5 Å². The van der Waals surface area contributed by atoms with Crippen molar-refractivity contribution in [3.8, 4) is 0 Å². The monoisotopic (exact) mass is 270 g/mol. The Morgan fingerprint density at radius 2 is 2.16 bits per heavy atom. The third-order valence-electron chi connectivity index (χ3n) is 3.96. The number of carbonyl (C=O) groups excluding carboxylic acids is 1. The van der Waals surface area contributed by atoms with E-state index in [4.69, 9.17) is 5.73 Å². The van der Waals surface area contributed by atoms with Crippen LogP contribution in [0.25, 0.3) is 0 Å². The Morgan fingerprint density at radius 3 is 2.74 bits per heavy atom. The Kier molecular flexibility index (Phi) is 7.39. The number of hydrogen-bond acceptors (Lipinski definition) is 3. The molecule has 0 aromatic carbocycles. The highest BCUT2D eigenvalue weighted by atomic mass is 16.3. The molecule has 1 saturated carbocycles. The van der Waals surface area contributed by atoms with Crippen LogP contribution in [0, 0.1) is 17.8 Å². The average molecular weight is 270 g/mol. The van der Waals surface area contributed by atoms with Crippen LogP contribution in [0.2, 0.25) is 0 Å². The first kappa shape index (κ1) is 16.4. The fourth-order valence-electron chi connectivity index (χ4n) is 2.97. The van der Waals surface area contributed by atoms with Gasteiger partial charge in [0.15, 0.2) is 0 Å². The summed E-state index contributed by atoms with van der Waals surface area (Å²) in [4.78, 5) is 11.9. The summed E-state index contributed by atoms with van der Waals surface area (Å²) in [6.07, 6.45) is 5.29. The van der Waals surface area contributed by atoms with Crippen molar-refractivity contribution in [1.29, 1.82) is 0 Å². The number of nitrogens with one attached hydrogen (secondary N) is 1. The summed E-state index contributed by atoms with van der Waals surface area (Å²) in [6.45, 7) is 5.59. The number of amides is 1. The van der Waals surface area contributed by atoms with E-state index >= 15 is 0 Å². The van der Waals surface area contributed by atoms with Crippen LogP contribution in [-0.4, -0.2) is 30.2 Å². The van der Waals surface area contributed by atoms with Crippen LogP contribution in [0.4, 0.5) is 0 Å². The summed E-state index contributed by atoms with van der Waals surface area (Å²) in [5, 5.41) is 12.6. The number of carbonyl (C=O) groups is 1. The lowest BCUT2D eigenvalue weighted by Gasteiger charge is -2.26. The van der Waals surface area contributed by atoms with Gasteiger partial charge in [-0.25, -0.2) is 0 Å². The topological polar surface area (TPSA) is 75.4 Å². The first-order valence-corrected chi connectivity index (χ1v) is 7.66. The predicted molar refractivity (Wildman–Crippen MR) is 77.6 cm³/mol. The molecular weight excluding hydrogens is 240 g/mol. The highest BCUT2D eigenvalue weighted by molar-refractivity contribution is 5.76. The van der Waals surface area contributed by atoms with Crippen molar-refractivity contribution in [1.82, 2.24) is 5.32 Å². The maximum absolute atomic E-state index is 11.9. The van der Waals surface area contributed by atoms with Crippen molar-refractivity contribution < 1.29 is 9.90 Å². The Hall–Kier alpha value is -0.610. The number of aliphatic hydroxyl groups is 1. The summed E-state index contributed by atoms with van der Waals surface area (Å²) in [7, 11) is 0. The molecule has 0 radical (unpaired) electrons. The summed E-state index contributed by atoms with van der Waals surface area (Å²) < 4.78 is 0. The fraction of sp³-hybridized carbons (Fsp3) is 0.933. The molecule has 0 bridgehead atoms. The molecular formula is C15H30N2O2.